The molecular formula is C10H11N3OS. The zero-order valence-corrected chi connectivity index (χ0v) is 9.07. The molecule has 1 aliphatic heterocycles. The lowest BCUT2D eigenvalue weighted by molar-refractivity contribution is 0.184. The van der Waals surface area contributed by atoms with Gasteiger partial charge in [-0.25, -0.2) is 4.79 Å². The summed E-state index contributed by atoms with van der Waals surface area (Å²) in [7, 11) is 0. The largest absolute Gasteiger partial charge is 0.350 e. The topological polar surface area (TPSA) is 58.7 Å². The van der Waals surface area contributed by atoms with Gasteiger partial charge in [-0.2, -0.15) is 10.1 Å². The molecule has 4 nitrogen and oxygen atoms in total. The van der Waals surface area contributed by atoms with Crippen LogP contribution in [0.25, 0.3) is 0 Å². The Morgan fingerprint density at radius 1 is 1.47 bits per heavy atom. The molecule has 0 spiro atoms. The van der Waals surface area contributed by atoms with Crippen LogP contribution in [0.5, 0.6) is 0 Å². The van der Waals surface area contributed by atoms with E-state index in [0.717, 1.165) is 5.56 Å². The number of nitrogens with zero attached hydrogens (tertiary/aromatic N) is 2. The first-order valence-corrected chi connectivity index (χ1v) is 5.38. The van der Waals surface area contributed by atoms with E-state index in [1.54, 1.807) is 5.55 Å². The monoisotopic (exact) mass is 221 g/mol. The van der Waals surface area contributed by atoms with Gasteiger partial charge in [-0.05, 0) is 12.5 Å². The first-order chi connectivity index (χ1) is 7.14. The van der Waals surface area contributed by atoms with Crippen molar-refractivity contribution in [1.82, 2.24) is 5.01 Å². The Bertz CT molecular complexity index is 406. The zero-order chi connectivity index (χ0) is 10.9. The third-order valence-corrected chi connectivity index (χ3v) is 3.43. The van der Waals surface area contributed by atoms with Crippen LogP contribution in [0.4, 0.5) is 4.79 Å². The Labute approximate surface area is 92.1 Å². The summed E-state index contributed by atoms with van der Waals surface area (Å²) in [5.41, 5.74) is 7.91. The molecule has 0 aliphatic carbocycles. The van der Waals surface area contributed by atoms with Gasteiger partial charge in [0.2, 0.25) is 0 Å². The van der Waals surface area contributed by atoms with Crippen molar-refractivity contribution in [2.24, 2.45) is 10.8 Å². The van der Waals surface area contributed by atoms with Crippen molar-refractivity contribution in [1.29, 1.82) is 0 Å². The summed E-state index contributed by atoms with van der Waals surface area (Å²) in [5.74, 6) is 0. The van der Waals surface area contributed by atoms with Crippen molar-refractivity contribution in [3.8, 4) is 0 Å². The van der Waals surface area contributed by atoms with Crippen molar-refractivity contribution < 1.29 is 4.79 Å². The van der Waals surface area contributed by atoms with E-state index in [1.165, 1.54) is 16.8 Å². The maximum atomic E-state index is 11.2. The second kappa shape index (κ2) is 3.58. The molecule has 0 bridgehead atoms. The Morgan fingerprint density at radius 3 is 2.73 bits per heavy atom. The van der Waals surface area contributed by atoms with Gasteiger partial charge in [0.05, 0.1) is 5.55 Å². The zero-order valence-electron chi connectivity index (χ0n) is 8.25. The molecule has 0 fully saturated rings. The molecule has 0 aromatic heterocycles. The number of benzene rings is 1. The van der Waals surface area contributed by atoms with Crippen LogP contribution in [0.1, 0.15) is 12.5 Å². The van der Waals surface area contributed by atoms with E-state index in [1.807, 2.05) is 37.3 Å². The fraction of sp³-hybridized carbons (Fsp3) is 0.200. The number of amides is 2. The minimum atomic E-state index is -0.539. The second-order valence-corrected chi connectivity index (χ2v) is 4.58. The van der Waals surface area contributed by atoms with Crippen LogP contribution in [0, 0.1) is 0 Å². The molecule has 2 N–H and O–H groups in total. The molecule has 5 heteroatoms. The number of nitrogens with two attached hydrogens (primary N) is 1. The SMILES string of the molecule is CC1(c2ccccc2)SC=NN1C(N)=O. The predicted octanol–water partition coefficient (Wildman–Crippen LogP) is 1.93. The molecule has 1 aliphatic rings. The number of hydrogen-bond acceptors (Lipinski definition) is 3. The van der Waals surface area contributed by atoms with Crippen molar-refractivity contribution in [3.05, 3.63) is 35.9 Å². The van der Waals surface area contributed by atoms with E-state index in [2.05, 4.69) is 5.10 Å². The lowest BCUT2D eigenvalue weighted by Crippen LogP contribution is -2.42. The van der Waals surface area contributed by atoms with Crippen molar-refractivity contribution >= 4 is 23.3 Å². The number of primary amides is 1. The van der Waals surface area contributed by atoms with E-state index in [0.29, 0.717) is 0 Å². The van der Waals surface area contributed by atoms with Crippen molar-refractivity contribution in [3.63, 3.8) is 0 Å². The van der Waals surface area contributed by atoms with Gasteiger partial charge in [0.25, 0.3) is 0 Å². The molecule has 1 atom stereocenters. The summed E-state index contributed by atoms with van der Waals surface area (Å²) >= 11 is 1.47. The minimum absolute atomic E-state index is 0.521. The van der Waals surface area contributed by atoms with Gasteiger partial charge in [0.1, 0.15) is 4.87 Å². The lowest BCUT2D eigenvalue weighted by Gasteiger charge is -2.30. The number of urea groups is 1. The van der Waals surface area contributed by atoms with Gasteiger partial charge in [0.15, 0.2) is 0 Å². The number of carbonyl (C=O) groups excluding carboxylic acids is 1. The fourth-order valence-corrected chi connectivity index (χ4v) is 2.39. The smallest absolute Gasteiger partial charge is 0.336 e. The quantitative estimate of drug-likeness (QED) is 0.787. The van der Waals surface area contributed by atoms with Gasteiger partial charge < -0.3 is 5.73 Å². The Kier molecular flexibility index (Phi) is 2.40. The number of rotatable bonds is 1. The van der Waals surface area contributed by atoms with Gasteiger partial charge in [-0.15, -0.1) is 0 Å². The summed E-state index contributed by atoms with van der Waals surface area (Å²) < 4.78 is 0. The van der Waals surface area contributed by atoms with E-state index < -0.39 is 10.9 Å². The highest BCUT2D eigenvalue weighted by atomic mass is 32.2. The van der Waals surface area contributed by atoms with Gasteiger partial charge in [-0.1, -0.05) is 42.1 Å². The average Bonchev–Trinajstić information content (AvgIpc) is 2.63. The highest BCUT2D eigenvalue weighted by molar-refractivity contribution is 8.13. The average molecular weight is 221 g/mol. The third kappa shape index (κ3) is 1.59. The van der Waals surface area contributed by atoms with Crippen LogP contribution in [0.2, 0.25) is 0 Å². The molecule has 2 rings (SSSR count). The van der Waals surface area contributed by atoms with Gasteiger partial charge in [-0.3, -0.25) is 0 Å². The molecule has 0 radical (unpaired) electrons. The molecule has 0 saturated carbocycles. The summed E-state index contributed by atoms with van der Waals surface area (Å²) in [5, 5.41) is 5.26. The van der Waals surface area contributed by atoms with E-state index in [-0.39, 0.29) is 0 Å². The van der Waals surface area contributed by atoms with E-state index in [9.17, 15) is 4.79 Å². The summed E-state index contributed by atoms with van der Waals surface area (Å²) in [6.07, 6.45) is 0. The molecule has 1 aromatic rings. The van der Waals surface area contributed by atoms with Crippen LogP contribution < -0.4 is 5.73 Å². The number of thioether (sulfide) groups is 1. The van der Waals surface area contributed by atoms with Crippen molar-refractivity contribution in [2.75, 3.05) is 0 Å². The molecular weight excluding hydrogens is 210 g/mol. The highest BCUT2D eigenvalue weighted by Gasteiger charge is 2.40. The standard InChI is InChI=1S/C10H11N3OS/c1-10(8-5-3-2-4-6-8)13(9(11)14)12-7-15-10/h2-7H,1H3,(H2,11,14). The van der Waals surface area contributed by atoms with Crippen LogP contribution in [0.15, 0.2) is 35.4 Å². The fourth-order valence-electron chi connectivity index (χ4n) is 1.54. The third-order valence-electron chi connectivity index (χ3n) is 2.37. The maximum absolute atomic E-state index is 11.2. The molecule has 0 saturated heterocycles. The molecule has 2 amide bonds. The lowest BCUT2D eigenvalue weighted by atomic mass is 10.1. The number of hydrazone groups is 1. The van der Waals surface area contributed by atoms with Gasteiger partial charge >= 0.3 is 6.03 Å². The summed E-state index contributed by atoms with van der Waals surface area (Å²) in [6, 6.07) is 9.16. The first kappa shape index (κ1) is 10.0. The molecule has 1 aromatic carbocycles. The Morgan fingerprint density at radius 2 is 2.13 bits per heavy atom. The molecule has 1 unspecified atom stereocenters. The van der Waals surface area contributed by atoms with Crippen LogP contribution in [0.3, 0.4) is 0 Å². The molecule has 78 valence electrons. The van der Waals surface area contributed by atoms with E-state index in [4.69, 9.17) is 5.73 Å². The highest BCUT2D eigenvalue weighted by Crippen LogP contribution is 2.42. The molecule has 15 heavy (non-hydrogen) atoms. The second-order valence-electron chi connectivity index (χ2n) is 3.34. The Hall–Kier alpha value is -1.49. The van der Waals surface area contributed by atoms with Gasteiger partial charge in [0, 0.05) is 0 Å². The maximum Gasteiger partial charge on any atom is 0.336 e. The van der Waals surface area contributed by atoms with Crippen LogP contribution in [-0.2, 0) is 4.87 Å². The minimum Gasteiger partial charge on any atom is -0.350 e. The first-order valence-electron chi connectivity index (χ1n) is 4.50. The van der Waals surface area contributed by atoms with Crippen molar-refractivity contribution in [2.45, 2.75) is 11.8 Å². The summed E-state index contributed by atoms with van der Waals surface area (Å²) in [6.45, 7) is 1.92. The van der Waals surface area contributed by atoms with E-state index >= 15 is 0 Å². The number of carbonyl (C=O) groups is 1. The number of hydrogen-bond donors (Lipinski definition) is 1. The van der Waals surface area contributed by atoms with Crippen LogP contribution in [-0.4, -0.2) is 16.6 Å². The summed E-state index contributed by atoms with van der Waals surface area (Å²) in [4.78, 5) is 10.7. The Balaban J connectivity index is 2.39. The van der Waals surface area contributed by atoms with Crippen LogP contribution >= 0.6 is 11.8 Å². The normalized spacial score (nSPS) is 24.5. The molecule has 1 heterocycles. The predicted molar refractivity (Wildman–Crippen MR) is 61.3 cm³/mol.